The first-order valence-corrected chi connectivity index (χ1v) is 6.72. The van der Waals surface area contributed by atoms with Crippen molar-refractivity contribution in [3.63, 3.8) is 0 Å². The number of halogens is 1. The molecule has 0 unspecified atom stereocenters. The molecule has 19 heavy (non-hydrogen) atoms. The van der Waals surface area contributed by atoms with E-state index in [1.807, 2.05) is 53.1 Å². The molecule has 4 heteroatoms. The minimum Gasteiger partial charge on any atom is -0.323 e. The van der Waals surface area contributed by atoms with Crippen LogP contribution in [0.4, 0.5) is 0 Å². The fourth-order valence-corrected chi connectivity index (χ4v) is 2.57. The molecule has 0 saturated carbocycles. The number of ketones is 1. The highest BCUT2D eigenvalue weighted by Gasteiger charge is 2.11. The van der Waals surface area contributed by atoms with Crippen molar-refractivity contribution in [1.82, 2.24) is 9.55 Å². The van der Waals surface area contributed by atoms with Crippen LogP contribution in [0.3, 0.4) is 0 Å². The van der Waals surface area contributed by atoms with Crippen LogP contribution in [0.15, 0.2) is 59.3 Å². The second-order valence-corrected chi connectivity index (χ2v) is 5.12. The fraction of sp³-hybridized carbons (Fsp3) is 0.0667. The summed E-state index contributed by atoms with van der Waals surface area (Å²) >= 11 is 3.41. The number of hydrogen-bond donors (Lipinski definition) is 0. The molecule has 94 valence electrons. The summed E-state index contributed by atoms with van der Waals surface area (Å²) < 4.78 is 2.70. The summed E-state index contributed by atoms with van der Waals surface area (Å²) in [5.41, 5.74) is 2.57. The zero-order valence-corrected chi connectivity index (χ0v) is 11.7. The predicted octanol–water partition coefficient (Wildman–Crippen LogP) is 3.68. The summed E-state index contributed by atoms with van der Waals surface area (Å²) in [7, 11) is 0. The van der Waals surface area contributed by atoms with Crippen LogP contribution in [0.25, 0.3) is 11.0 Å². The number of benzene rings is 2. The number of para-hydroxylation sites is 2. The first-order chi connectivity index (χ1) is 9.25. The maximum Gasteiger partial charge on any atom is 0.183 e. The summed E-state index contributed by atoms with van der Waals surface area (Å²) in [5, 5.41) is 0. The van der Waals surface area contributed by atoms with Gasteiger partial charge in [-0.3, -0.25) is 4.79 Å². The lowest BCUT2D eigenvalue weighted by atomic mass is 10.1. The molecule has 3 aromatic rings. The molecule has 3 rings (SSSR count). The van der Waals surface area contributed by atoms with Crippen molar-refractivity contribution in [2.45, 2.75) is 6.54 Å². The normalized spacial score (nSPS) is 10.8. The molecular formula is C15H11BrN2O. The van der Waals surface area contributed by atoms with Crippen LogP contribution >= 0.6 is 15.9 Å². The minimum atomic E-state index is 0.0654. The number of imidazole rings is 1. The van der Waals surface area contributed by atoms with Crippen molar-refractivity contribution in [1.29, 1.82) is 0 Å². The Hall–Kier alpha value is -1.94. The van der Waals surface area contributed by atoms with Gasteiger partial charge in [-0.05, 0) is 18.2 Å². The standard InChI is InChI=1S/C15H11BrN2O/c16-12-6-2-1-5-11(12)15(19)9-18-10-17-13-7-3-4-8-14(13)18/h1-8,10H,9H2. The smallest absolute Gasteiger partial charge is 0.183 e. The molecule has 0 fully saturated rings. The average Bonchev–Trinajstić information content (AvgIpc) is 2.83. The van der Waals surface area contributed by atoms with E-state index < -0.39 is 0 Å². The van der Waals surface area contributed by atoms with Crippen LogP contribution in [0.2, 0.25) is 0 Å². The molecule has 0 bridgehead atoms. The van der Waals surface area contributed by atoms with Crippen molar-refractivity contribution in [3.05, 3.63) is 64.9 Å². The van der Waals surface area contributed by atoms with E-state index >= 15 is 0 Å². The van der Waals surface area contributed by atoms with Crippen LogP contribution in [-0.2, 0) is 6.54 Å². The number of aromatic nitrogens is 2. The van der Waals surface area contributed by atoms with E-state index in [1.165, 1.54) is 0 Å². The number of nitrogens with zero attached hydrogens (tertiary/aromatic N) is 2. The number of rotatable bonds is 3. The topological polar surface area (TPSA) is 34.9 Å². The number of carbonyl (C=O) groups is 1. The summed E-state index contributed by atoms with van der Waals surface area (Å²) in [6.07, 6.45) is 1.71. The van der Waals surface area contributed by atoms with E-state index in [4.69, 9.17) is 0 Å². The van der Waals surface area contributed by atoms with Crippen molar-refractivity contribution in [3.8, 4) is 0 Å². The zero-order valence-electron chi connectivity index (χ0n) is 10.1. The van der Waals surface area contributed by atoms with Crippen molar-refractivity contribution >= 4 is 32.7 Å². The monoisotopic (exact) mass is 314 g/mol. The quantitative estimate of drug-likeness (QED) is 0.691. The summed E-state index contributed by atoms with van der Waals surface area (Å²) in [5.74, 6) is 0.0654. The van der Waals surface area contributed by atoms with Gasteiger partial charge in [0.25, 0.3) is 0 Å². The molecule has 0 radical (unpaired) electrons. The van der Waals surface area contributed by atoms with Gasteiger partial charge in [0.05, 0.1) is 23.9 Å². The van der Waals surface area contributed by atoms with E-state index in [2.05, 4.69) is 20.9 Å². The molecule has 0 aliphatic carbocycles. The summed E-state index contributed by atoms with van der Waals surface area (Å²) in [4.78, 5) is 16.6. The molecule has 3 nitrogen and oxygen atoms in total. The van der Waals surface area contributed by atoms with Crippen molar-refractivity contribution < 1.29 is 4.79 Å². The molecule has 1 heterocycles. The van der Waals surface area contributed by atoms with Crippen molar-refractivity contribution in [2.24, 2.45) is 0 Å². The SMILES string of the molecule is O=C(Cn1cnc2ccccc21)c1ccccc1Br. The number of Topliss-reactive ketones (excluding diaryl/α,β-unsaturated/α-hetero) is 1. The average molecular weight is 315 g/mol. The van der Waals surface area contributed by atoms with Gasteiger partial charge >= 0.3 is 0 Å². The Morgan fingerprint density at radius 1 is 1.11 bits per heavy atom. The molecular weight excluding hydrogens is 304 g/mol. The number of hydrogen-bond acceptors (Lipinski definition) is 2. The molecule has 1 aromatic heterocycles. The maximum atomic E-state index is 12.3. The van der Waals surface area contributed by atoms with Gasteiger partial charge in [0.15, 0.2) is 5.78 Å². The largest absolute Gasteiger partial charge is 0.323 e. The van der Waals surface area contributed by atoms with Gasteiger partial charge in [-0.2, -0.15) is 0 Å². The van der Waals surface area contributed by atoms with Gasteiger partial charge in [0, 0.05) is 10.0 Å². The van der Waals surface area contributed by atoms with E-state index in [0.29, 0.717) is 12.1 Å². The molecule has 0 saturated heterocycles. The zero-order chi connectivity index (χ0) is 13.2. The second-order valence-electron chi connectivity index (χ2n) is 4.26. The van der Waals surface area contributed by atoms with E-state index in [-0.39, 0.29) is 5.78 Å². The molecule has 0 spiro atoms. The van der Waals surface area contributed by atoms with Crippen LogP contribution in [0.5, 0.6) is 0 Å². The van der Waals surface area contributed by atoms with E-state index in [1.54, 1.807) is 6.33 Å². The molecule has 2 aromatic carbocycles. The molecule has 0 aliphatic heterocycles. The third-order valence-corrected chi connectivity index (χ3v) is 3.71. The maximum absolute atomic E-state index is 12.3. The Morgan fingerprint density at radius 3 is 2.68 bits per heavy atom. The minimum absolute atomic E-state index is 0.0654. The van der Waals surface area contributed by atoms with Gasteiger partial charge < -0.3 is 4.57 Å². The van der Waals surface area contributed by atoms with Gasteiger partial charge in [0.2, 0.25) is 0 Å². The first-order valence-electron chi connectivity index (χ1n) is 5.93. The highest BCUT2D eigenvalue weighted by molar-refractivity contribution is 9.10. The Bertz CT molecular complexity index is 748. The third-order valence-electron chi connectivity index (χ3n) is 3.02. The molecule has 0 amide bonds. The highest BCUT2D eigenvalue weighted by Crippen LogP contribution is 2.18. The molecule has 0 N–H and O–H groups in total. The summed E-state index contributed by atoms with van der Waals surface area (Å²) in [6.45, 7) is 0.295. The van der Waals surface area contributed by atoms with Crippen LogP contribution in [-0.4, -0.2) is 15.3 Å². The van der Waals surface area contributed by atoms with Crippen molar-refractivity contribution in [2.75, 3.05) is 0 Å². The first kappa shape index (κ1) is 12.1. The highest BCUT2D eigenvalue weighted by atomic mass is 79.9. The lowest BCUT2D eigenvalue weighted by molar-refractivity contribution is 0.0972. The lowest BCUT2D eigenvalue weighted by Gasteiger charge is -2.05. The second kappa shape index (κ2) is 4.97. The number of carbonyl (C=O) groups excluding carboxylic acids is 1. The Kier molecular flexibility index (Phi) is 3.17. The van der Waals surface area contributed by atoms with Crippen LogP contribution < -0.4 is 0 Å². The molecule has 0 atom stereocenters. The third kappa shape index (κ3) is 2.31. The van der Waals surface area contributed by atoms with Gasteiger partial charge in [-0.15, -0.1) is 0 Å². The van der Waals surface area contributed by atoms with Crippen LogP contribution in [0, 0.1) is 0 Å². The van der Waals surface area contributed by atoms with Gasteiger partial charge in [-0.1, -0.05) is 46.3 Å². The summed E-state index contributed by atoms with van der Waals surface area (Å²) in [6, 6.07) is 15.3. The Labute approximate surface area is 119 Å². The molecule has 0 aliphatic rings. The van der Waals surface area contributed by atoms with E-state index in [9.17, 15) is 4.79 Å². The van der Waals surface area contributed by atoms with Crippen LogP contribution in [0.1, 0.15) is 10.4 Å². The van der Waals surface area contributed by atoms with E-state index in [0.717, 1.165) is 15.5 Å². The lowest BCUT2D eigenvalue weighted by Crippen LogP contribution is -2.10. The van der Waals surface area contributed by atoms with Gasteiger partial charge in [0.1, 0.15) is 0 Å². The Balaban J connectivity index is 1.94. The predicted molar refractivity (Wildman–Crippen MR) is 78.2 cm³/mol. The van der Waals surface area contributed by atoms with Gasteiger partial charge in [-0.25, -0.2) is 4.98 Å². The Morgan fingerprint density at radius 2 is 1.84 bits per heavy atom. The number of fused-ring (bicyclic) bond motifs is 1. The fourth-order valence-electron chi connectivity index (χ4n) is 2.06.